The van der Waals surface area contributed by atoms with E-state index in [-0.39, 0.29) is 17.6 Å². The Kier molecular flexibility index (Phi) is 6.31. The molecule has 0 bridgehead atoms. The largest absolute Gasteiger partial charge is 0.370 e. The molecule has 1 spiro atoms. The lowest BCUT2D eigenvalue weighted by molar-refractivity contribution is -0.0764. The third-order valence-electron chi connectivity index (χ3n) is 6.47. The van der Waals surface area contributed by atoms with Crippen molar-refractivity contribution < 1.29 is 9.53 Å². The van der Waals surface area contributed by atoms with Gasteiger partial charge in [0.25, 0.3) is 5.91 Å². The van der Waals surface area contributed by atoms with Gasteiger partial charge in [-0.25, -0.2) is 0 Å². The summed E-state index contributed by atoms with van der Waals surface area (Å²) in [6, 6.07) is 18.4. The molecule has 2 aliphatic rings. The van der Waals surface area contributed by atoms with Crippen molar-refractivity contribution in [2.75, 3.05) is 19.6 Å². The molecule has 4 rings (SSSR count). The molecule has 0 aromatic heterocycles. The number of benzene rings is 2. The minimum atomic E-state index is -0.0148. The molecule has 0 radical (unpaired) electrons. The van der Waals surface area contributed by atoms with Crippen LogP contribution in [0.2, 0.25) is 0 Å². The number of carbonyl (C=O) groups excluding carboxylic acids is 1. The van der Waals surface area contributed by atoms with Crippen LogP contribution in [0, 0.1) is 0 Å². The van der Waals surface area contributed by atoms with E-state index in [0.29, 0.717) is 12.1 Å². The quantitative estimate of drug-likeness (QED) is 0.801. The van der Waals surface area contributed by atoms with E-state index in [1.807, 2.05) is 30.3 Å². The normalized spacial score (nSPS) is 21.3. The molecule has 2 aromatic rings. The standard InChI is InChI=1S/C25H32N2O2/c1-2-20-8-10-21(11-9-20)19-27-16-14-25(15-17-27)13-12-23(29-25)18-26-24(28)22-6-4-3-5-7-22/h3-11,23H,2,12-19H2,1H3,(H,26,28). The number of hydrogen-bond donors (Lipinski definition) is 1. The summed E-state index contributed by atoms with van der Waals surface area (Å²) in [6.45, 7) is 5.98. The molecule has 154 valence electrons. The van der Waals surface area contributed by atoms with E-state index in [9.17, 15) is 4.79 Å². The summed E-state index contributed by atoms with van der Waals surface area (Å²) in [4.78, 5) is 14.8. The van der Waals surface area contributed by atoms with Gasteiger partial charge in [0.1, 0.15) is 0 Å². The number of rotatable bonds is 6. The fraction of sp³-hybridized carbons (Fsp3) is 0.480. The minimum absolute atomic E-state index is 0.0148. The number of piperidine rings is 1. The number of nitrogens with zero attached hydrogens (tertiary/aromatic N) is 1. The maximum Gasteiger partial charge on any atom is 0.251 e. The molecule has 0 saturated carbocycles. The summed E-state index contributed by atoms with van der Waals surface area (Å²) in [5, 5.41) is 3.04. The lowest BCUT2D eigenvalue weighted by Crippen LogP contribution is -2.44. The second-order valence-corrected chi connectivity index (χ2v) is 8.48. The van der Waals surface area contributed by atoms with Crippen molar-refractivity contribution in [2.45, 2.75) is 57.3 Å². The number of hydrogen-bond acceptors (Lipinski definition) is 3. The van der Waals surface area contributed by atoms with Crippen LogP contribution in [0.25, 0.3) is 0 Å². The number of amides is 1. The molecule has 2 fully saturated rings. The van der Waals surface area contributed by atoms with Crippen LogP contribution in [0.3, 0.4) is 0 Å². The third kappa shape index (κ3) is 5.06. The molecule has 0 aliphatic carbocycles. The van der Waals surface area contributed by atoms with Gasteiger partial charge in [-0.1, -0.05) is 49.4 Å². The molecule has 1 atom stereocenters. The molecule has 4 nitrogen and oxygen atoms in total. The van der Waals surface area contributed by atoms with Gasteiger partial charge in [-0.15, -0.1) is 0 Å². The molecule has 4 heteroatoms. The Morgan fingerprint density at radius 3 is 2.41 bits per heavy atom. The van der Waals surface area contributed by atoms with Crippen LogP contribution >= 0.6 is 0 Å². The molecular weight excluding hydrogens is 360 g/mol. The maximum absolute atomic E-state index is 12.3. The van der Waals surface area contributed by atoms with Crippen molar-refractivity contribution >= 4 is 5.91 Å². The minimum Gasteiger partial charge on any atom is -0.370 e. The number of ether oxygens (including phenoxy) is 1. The zero-order chi connectivity index (χ0) is 20.1. The first-order chi connectivity index (χ1) is 14.2. The van der Waals surface area contributed by atoms with Gasteiger partial charge in [-0.3, -0.25) is 9.69 Å². The van der Waals surface area contributed by atoms with Crippen molar-refractivity contribution in [3.05, 3.63) is 71.3 Å². The van der Waals surface area contributed by atoms with Gasteiger partial charge in [-0.05, 0) is 55.4 Å². The van der Waals surface area contributed by atoms with Crippen LogP contribution in [-0.4, -0.2) is 42.1 Å². The van der Waals surface area contributed by atoms with Crippen LogP contribution in [-0.2, 0) is 17.7 Å². The Balaban J connectivity index is 1.22. The van der Waals surface area contributed by atoms with E-state index >= 15 is 0 Å². The van der Waals surface area contributed by atoms with Gasteiger partial charge in [0.2, 0.25) is 0 Å². The molecular formula is C25H32N2O2. The lowest BCUT2D eigenvalue weighted by atomic mass is 9.88. The van der Waals surface area contributed by atoms with Crippen molar-refractivity contribution in [1.29, 1.82) is 0 Å². The van der Waals surface area contributed by atoms with Gasteiger partial charge in [0, 0.05) is 31.7 Å². The van der Waals surface area contributed by atoms with E-state index in [2.05, 4.69) is 41.4 Å². The molecule has 29 heavy (non-hydrogen) atoms. The Bertz CT molecular complexity index is 795. The number of aryl methyl sites for hydroxylation is 1. The number of carbonyl (C=O) groups is 1. The van der Waals surface area contributed by atoms with Crippen molar-refractivity contribution in [1.82, 2.24) is 10.2 Å². The van der Waals surface area contributed by atoms with Crippen LogP contribution < -0.4 is 5.32 Å². The average Bonchev–Trinajstić information content (AvgIpc) is 3.17. The van der Waals surface area contributed by atoms with Crippen molar-refractivity contribution in [3.63, 3.8) is 0 Å². The van der Waals surface area contributed by atoms with Gasteiger partial charge in [0.05, 0.1) is 11.7 Å². The summed E-state index contributed by atoms with van der Waals surface area (Å²) in [5.41, 5.74) is 3.52. The van der Waals surface area contributed by atoms with E-state index in [0.717, 1.165) is 51.7 Å². The highest BCUT2D eigenvalue weighted by molar-refractivity contribution is 5.94. The summed E-state index contributed by atoms with van der Waals surface area (Å²) in [7, 11) is 0. The second-order valence-electron chi connectivity index (χ2n) is 8.48. The van der Waals surface area contributed by atoms with Crippen LogP contribution in [0.15, 0.2) is 54.6 Å². The summed E-state index contributed by atoms with van der Waals surface area (Å²) in [5.74, 6) is -0.0148. The first-order valence-electron chi connectivity index (χ1n) is 11.0. The van der Waals surface area contributed by atoms with E-state index in [1.165, 1.54) is 11.1 Å². The monoisotopic (exact) mass is 392 g/mol. The third-order valence-corrected chi connectivity index (χ3v) is 6.47. The maximum atomic E-state index is 12.3. The first-order valence-corrected chi connectivity index (χ1v) is 11.0. The predicted molar refractivity (Wildman–Crippen MR) is 116 cm³/mol. The lowest BCUT2D eigenvalue weighted by Gasteiger charge is -2.39. The summed E-state index contributed by atoms with van der Waals surface area (Å²) < 4.78 is 6.46. The SMILES string of the molecule is CCc1ccc(CN2CCC3(CCC(CNC(=O)c4ccccc4)O3)CC2)cc1. The zero-order valence-electron chi connectivity index (χ0n) is 17.4. The van der Waals surface area contributed by atoms with Crippen molar-refractivity contribution in [2.24, 2.45) is 0 Å². The molecule has 1 N–H and O–H groups in total. The Hall–Kier alpha value is -2.17. The van der Waals surface area contributed by atoms with Crippen LogP contribution in [0.1, 0.15) is 54.1 Å². The first kappa shape index (κ1) is 20.1. The van der Waals surface area contributed by atoms with E-state index < -0.39 is 0 Å². The second kappa shape index (κ2) is 9.10. The van der Waals surface area contributed by atoms with Crippen molar-refractivity contribution in [3.8, 4) is 0 Å². The fourth-order valence-corrected chi connectivity index (χ4v) is 4.56. The van der Waals surface area contributed by atoms with Gasteiger partial charge < -0.3 is 10.1 Å². The Morgan fingerprint density at radius 1 is 1.03 bits per heavy atom. The van der Waals surface area contributed by atoms with Crippen LogP contribution in [0.4, 0.5) is 0 Å². The molecule has 2 saturated heterocycles. The topological polar surface area (TPSA) is 41.6 Å². The highest BCUT2D eigenvalue weighted by Gasteiger charge is 2.42. The molecule has 2 aliphatic heterocycles. The zero-order valence-corrected chi connectivity index (χ0v) is 17.4. The van der Waals surface area contributed by atoms with Gasteiger partial charge >= 0.3 is 0 Å². The molecule has 1 unspecified atom stereocenters. The average molecular weight is 393 g/mol. The van der Waals surface area contributed by atoms with E-state index in [1.54, 1.807) is 0 Å². The number of nitrogens with one attached hydrogen (secondary N) is 1. The molecule has 2 aromatic carbocycles. The Labute approximate surface area is 174 Å². The van der Waals surface area contributed by atoms with E-state index in [4.69, 9.17) is 4.74 Å². The molecule has 2 heterocycles. The summed E-state index contributed by atoms with van der Waals surface area (Å²) in [6.07, 6.45) is 5.55. The highest BCUT2D eigenvalue weighted by atomic mass is 16.5. The Morgan fingerprint density at radius 2 is 1.72 bits per heavy atom. The summed E-state index contributed by atoms with van der Waals surface area (Å²) >= 11 is 0. The van der Waals surface area contributed by atoms with Gasteiger partial charge in [-0.2, -0.15) is 0 Å². The number of likely N-dealkylation sites (tertiary alicyclic amines) is 1. The van der Waals surface area contributed by atoms with Crippen LogP contribution in [0.5, 0.6) is 0 Å². The smallest absolute Gasteiger partial charge is 0.251 e. The highest BCUT2D eigenvalue weighted by Crippen LogP contribution is 2.39. The van der Waals surface area contributed by atoms with Gasteiger partial charge in [0.15, 0.2) is 0 Å². The fourth-order valence-electron chi connectivity index (χ4n) is 4.56. The molecule has 1 amide bonds. The predicted octanol–water partition coefficient (Wildman–Crippen LogP) is 4.19.